The van der Waals surface area contributed by atoms with E-state index >= 15 is 0 Å². The van der Waals surface area contributed by atoms with Crippen LogP contribution in [0.4, 0.5) is 52.7 Å². The molecule has 0 atom stereocenters. The summed E-state index contributed by atoms with van der Waals surface area (Å²) in [6, 6.07) is 0. The largest absolute Gasteiger partial charge is 0.503 e. The fourth-order valence-corrected chi connectivity index (χ4v) is 1.43. The topological polar surface area (TPSA) is 34.1 Å². The van der Waals surface area contributed by atoms with Crippen LogP contribution in [0.3, 0.4) is 0 Å². The summed E-state index contributed by atoms with van der Waals surface area (Å²) in [4.78, 5) is 0. The maximum Gasteiger partial charge on any atom is 0.503 e. The molecule has 2 nitrogen and oxygen atoms in total. The molecule has 15 heteroatoms. The van der Waals surface area contributed by atoms with Crippen molar-refractivity contribution in [2.75, 3.05) is 0 Å². The van der Waals surface area contributed by atoms with Crippen LogP contribution in [0.1, 0.15) is 0 Å². The monoisotopic (exact) mass is 352 g/mol. The third-order valence-electron chi connectivity index (χ3n) is 1.76. The molecule has 0 radical (unpaired) electrons. The molecule has 0 bridgehead atoms. The second kappa shape index (κ2) is 4.30. The molecule has 0 aliphatic heterocycles. The van der Waals surface area contributed by atoms with Gasteiger partial charge in [0.05, 0.1) is 0 Å². The van der Waals surface area contributed by atoms with E-state index in [1.807, 2.05) is 0 Å². The van der Waals surface area contributed by atoms with E-state index < -0.39 is 38.6 Å². The number of halogens is 12. The van der Waals surface area contributed by atoms with E-state index in [1.165, 1.54) is 0 Å². The van der Waals surface area contributed by atoms with Gasteiger partial charge in [-0.1, -0.05) is 0 Å². The van der Waals surface area contributed by atoms with Crippen molar-refractivity contribution in [1.82, 2.24) is 0 Å². The summed E-state index contributed by atoms with van der Waals surface area (Å²) in [5.74, 6) is -15.6. The average Bonchev–Trinajstić information content (AvgIpc) is 2.12. The van der Waals surface area contributed by atoms with Gasteiger partial charge in [-0.15, -0.1) is 0 Å². The molecule has 0 unspecified atom stereocenters. The van der Waals surface area contributed by atoms with Crippen LogP contribution in [0.5, 0.6) is 0 Å². The predicted molar refractivity (Wildman–Crippen MR) is 35.9 cm³/mol. The van der Waals surface area contributed by atoms with Gasteiger partial charge in [0.1, 0.15) is 0 Å². The number of hydrogen-bond acceptors (Lipinski definition) is 2. The first-order chi connectivity index (χ1) is 8.25. The smallest absolute Gasteiger partial charge is 0.213 e. The van der Waals surface area contributed by atoms with Gasteiger partial charge in [0.25, 0.3) is 0 Å². The summed E-state index contributed by atoms with van der Waals surface area (Å²) in [6.45, 7) is 0. The minimum absolute atomic E-state index is 7.18. The Morgan fingerprint density at radius 1 is 0.550 bits per heavy atom. The lowest BCUT2D eigenvalue weighted by molar-refractivity contribution is -0.382. The van der Waals surface area contributed by atoms with E-state index in [0.717, 1.165) is 0 Å². The van der Waals surface area contributed by atoms with Crippen molar-refractivity contribution in [3.05, 3.63) is 0 Å². The standard InChI is InChI=1S/C5F12O2S/c6-1(7,3(10,11)12)2(8,9)4(13,14)20(18,19)5(15,16)17. The predicted octanol–water partition coefficient (Wildman–Crippen LogP) is 3.35. The van der Waals surface area contributed by atoms with Gasteiger partial charge >= 0.3 is 38.6 Å². The van der Waals surface area contributed by atoms with E-state index in [9.17, 15) is 61.1 Å². The Morgan fingerprint density at radius 3 is 1.05 bits per heavy atom. The van der Waals surface area contributed by atoms with Crippen molar-refractivity contribution in [1.29, 1.82) is 0 Å². The zero-order valence-electron chi connectivity index (χ0n) is 8.26. The fraction of sp³-hybridized carbons (Fsp3) is 1.00. The molecular weight excluding hydrogens is 352 g/mol. The molecule has 0 aliphatic carbocycles. The highest BCUT2D eigenvalue weighted by Crippen LogP contribution is 2.56. The highest BCUT2D eigenvalue weighted by molar-refractivity contribution is 7.93. The van der Waals surface area contributed by atoms with E-state index in [1.54, 1.807) is 0 Å². The Labute approximate surface area is 101 Å². The Balaban J connectivity index is 6.24. The normalized spacial score (nSPS) is 16.4. The van der Waals surface area contributed by atoms with Crippen molar-refractivity contribution in [2.24, 2.45) is 0 Å². The van der Waals surface area contributed by atoms with Crippen LogP contribution in [0.15, 0.2) is 0 Å². The van der Waals surface area contributed by atoms with Gasteiger partial charge in [-0.25, -0.2) is 8.42 Å². The first-order valence-electron chi connectivity index (χ1n) is 3.76. The van der Waals surface area contributed by atoms with Gasteiger partial charge in [0.2, 0.25) is 0 Å². The maximum absolute atomic E-state index is 12.5. The van der Waals surface area contributed by atoms with Crippen LogP contribution >= 0.6 is 0 Å². The Kier molecular flexibility index (Phi) is 4.11. The molecule has 0 saturated heterocycles. The molecule has 0 N–H and O–H groups in total. The zero-order chi connectivity index (χ0) is 17.0. The van der Waals surface area contributed by atoms with Gasteiger partial charge in [-0.05, 0) is 0 Å². The highest BCUT2D eigenvalue weighted by Gasteiger charge is 2.87. The lowest BCUT2D eigenvalue weighted by Gasteiger charge is -2.33. The van der Waals surface area contributed by atoms with Crippen LogP contribution in [0.25, 0.3) is 0 Å². The molecule has 0 amide bonds. The van der Waals surface area contributed by atoms with Crippen molar-refractivity contribution >= 4 is 9.84 Å². The van der Waals surface area contributed by atoms with Crippen molar-refractivity contribution in [3.63, 3.8) is 0 Å². The Morgan fingerprint density at radius 2 is 0.850 bits per heavy atom. The molecule has 20 heavy (non-hydrogen) atoms. The Hall–Kier alpha value is -0.890. The van der Waals surface area contributed by atoms with Gasteiger partial charge in [0, 0.05) is 0 Å². The van der Waals surface area contributed by atoms with Gasteiger partial charge < -0.3 is 0 Å². The summed E-state index contributed by atoms with van der Waals surface area (Å²) in [6.07, 6.45) is -7.42. The van der Waals surface area contributed by atoms with Crippen LogP contribution in [0.2, 0.25) is 0 Å². The van der Waals surface area contributed by atoms with Crippen molar-refractivity contribution in [3.8, 4) is 0 Å². The fourth-order valence-electron chi connectivity index (χ4n) is 0.675. The molecule has 0 heterocycles. The summed E-state index contributed by atoms with van der Waals surface area (Å²) >= 11 is 0. The quantitative estimate of drug-likeness (QED) is 0.730. The molecule has 0 aliphatic rings. The van der Waals surface area contributed by atoms with Gasteiger partial charge in [-0.3, -0.25) is 0 Å². The second-order valence-electron chi connectivity index (χ2n) is 3.11. The van der Waals surface area contributed by atoms with Crippen LogP contribution < -0.4 is 0 Å². The molecular formula is C5F12O2S. The summed E-state index contributed by atoms with van der Waals surface area (Å²) < 4.78 is 163. The van der Waals surface area contributed by atoms with Crippen molar-refractivity contribution in [2.45, 2.75) is 28.8 Å². The highest BCUT2D eigenvalue weighted by atomic mass is 32.2. The lowest BCUT2D eigenvalue weighted by atomic mass is 10.1. The molecule has 0 aromatic heterocycles. The van der Waals surface area contributed by atoms with E-state index in [4.69, 9.17) is 0 Å². The van der Waals surface area contributed by atoms with E-state index in [2.05, 4.69) is 0 Å². The van der Waals surface area contributed by atoms with Crippen LogP contribution in [-0.4, -0.2) is 37.2 Å². The number of alkyl halides is 12. The molecule has 0 spiro atoms. The third-order valence-corrected chi connectivity index (χ3v) is 3.30. The molecule has 122 valence electrons. The molecule has 0 aromatic rings. The van der Waals surface area contributed by atoms with Gasteiger partial charge in [0.15, 0.2) is 0 Å². The third kappa shape index (κ3) is 2.28. The minimum atomic E-state index is -8.34. The summed E-state index contributed by atoms with van der Waals surface area (Å²) in [5, 5.41) is -7.74. The summed E-state index contributed by atoms with van der Waals surface area (Å²) in [7, 11) is -8.34. The maximum atomic E-state index is 12.5. The SMILES string of the molecule is O=S(=O)(C(F)(F)F)C(F)(F)C(F)(F)C(F)(F)C(F)(F)F. The first-order valence-corrected chi connectivity index (χ1v) is 5.24. The van der Waals surface area contributed by atoms with E-state index in [0.29, 0.717) is 0 Å². The minimum Gasteiger partial charge on any atom is -0.213 e. The number of hydrogen-bond donors (Lipinski definition) is 0. The lowest BCUT2D eigenvalue weighted by Crippen LogP contribution is -2.64. The second-order valence-corrected chi connectivity index (χ2v) is 5.10. The zero-order valence-corrected chi connectivity index (χ0v) is 9.08. The average molecular weight is 352 g/mol. The van der Waals surface area contributed by atoms with Crippen LogP contribution in [-0.2, 0) is 9.84 Å². The van der Waals surface area contributed by atoms with Gasteiger partial charge in [-0.2, -0.15) is 52.7 Å². The van der Waals surface area contributed by atoms with Crippen LogP contribution in [0, 0.1) is 0 Å². The molecule has 0 aromatic carbocycles. The molecule has 0 fully saturated rings. The first kappa shape index (κ1) is 19.1. The van der Waals surface area contributed by atoms with E-state index in [-0.39, 0.29) is 0 Å². The summed E-state index contributed by atoms with van der Waals surface area (Å²) in [5.41, 5.74) is -7.18. The Bertz CT molecular complexity index is 467. The molecule has 0 rings (SSSR count). The number of sulfone groups is 1. The molecule has 0 saturated carbocycles. The number of rotatable bonds is 3. The van der Waals surface area contributed by atoms with Crippen molar-refractivity contribution < 1.29 is 61.1 Å².